The lowest BCUT2D eigenvalue weighted by Crippen LogP contribution is -2.49. The predicted molar refractivity (Wildman–Crippen MR) is 102 cm³/mol. The molecule has 3 rings (SSSR count). The molecule has 0 bridgehead atoms. The summed E-state index contributed by atoms with van der Waals surface area (Å²) < 4.78 is 5.44. The maximum Gasteiger partial charge on any atom is 0.406 e. The average molecular weight is 348 g/mol. The fraction of sp³-hybridized carbons (Fsp3) is 0.318. The van der Waals surface area contributed by atoms with Gasteiger partial charge in [-0.3, -0.25) is 4.90 Å². The molecule has 2 N–H and O–H groups in total. The highest BCUT2D eigenvalue weighted by molar-refractivity contribution is 5.64. The first kappa shape index (κ1) is 18.0. The molecule has 4 nitrogen and oxygen atoms in total. The molecule has 26 heavy (non-hydrogen) atoms. The first-order chi connectivity index (χ1) is 12.6. The van der Waals surface area contributed by atoms with E-state index < -0.39 is 12.3 Å². The highest BCUT2D eigenvalue weighted by Crippen LogP contribution is 2.38. The highest BCUT2D eigenvalue weighted by Gasteiger charge is 2.40. The molecule has 1 aliphatic rings. The van der Waals surface area contributed by atoms with Crippen LogP contribution in [0.5, 0.6) is 0 Å². The van der Waals surface area contributed by atoms with Crippen LogP contribution in [0.4, 0.5) is 4.79 Å². The van der Waals surface area contributed by atoms with Gasteiger partial charge in [0.25, 0.3) is 0 Å². The summed E-state index contributed by atoms with van der Waals surface area (Å²) in [4.78, 5) is 13.6. The first-order valence-electron chi connectivity index (χ1n) is 8.86. The molecule has 0 aliphatic carbocycles. The van der Waals surface area contributed by atoms with Crippen molar-refractivity contribution < 1.29 is 9.53 Å². The van der Waals surface area contributed by atoms with Crippen LogP contribution in [0.25, 0.3) is 0 Å². The van der Waals surface area contributed by atoms with Crippen molar-refractivity contribution in [3.8, 4) is 12.3 Å². The van der Waals surface area contributed by atoms with Crippen LogP contribution in [0.2, 0.25) is 0 Å². The van der Waals surface area contributed by atoms with Gasteiger partial charge in [-0.2, -0.15) is 0 Å². The van der Waals surface area contributed by atoms with E-state index in [2.05, 4.69) is 35.1 Å². The molecule has 1 fully saturated rings. The lowest BCUT2D eigenvalue weighted by molar-refractivity contribution is -0.0675. The van der Waals surface area contributed by atoms with Crippen LogP contribution in [0.15, 0.2) is 60.7 Å². The minimum absolute atomic E-state index is 0.339. The van der Waals surface area contributed by atoms with Gasteiger partial charge in [0, 0.05) is 24.9 Å². The van der Waals surface area contributed by atoms with E-state index in [-0.39, 0.29) is 5.41 Å². The van der Waals surface area contributed by atoms with Crippen molar-refractivity contribution in [3.63, 3.8) is 0 Å². The van der Waals surface area contributed by atoms with Crippen LogP contribution in [-0.4, -0.2) is 23.8 Å². The number of benzene rings is 2. The topological polar surface area (TPSA) is 55.6 Å². The van der Waals surface area contributed by atoms with E-state index in [0.29, 0.717) is 13.0 Å². The van der Waals surface area contributed by atoms with Crippen LogP contribution in [-0.2, 0) is 17.7 Å². The summed E-state index contributed by atoms with van der Waals surface area (Å²) in [7, 11) is 0. The lowest BCUT2D eigenvalue weighted by atomic mass is 9.73. The quantitative estimate of drug-likeness (QED) is 0.841. The van der Waals surface area contributed by atoms with Gasteiger partial charge in [-0.15, -0.1) is 6.42 Å². The van der Waals surface area contributed by atoms with Crippen LogP contribution < -0.4 is 5.73 Å². The van der Waals surface area contributed by atoms with E-state index in [1.807, 2.05) is 36.4 Å². The number of terminal acetylenes is 1. The summed E-state index contributed by atoms with van der Waals surface area (Å²) in [5.74, 6) is 2.99. The van der Waals surface area contributed by atoms with Crippen LogP contribution in [0, 0.1) is 17.8 Å². The SMILES string of the molecule is C#CC1(Cc2ccccc2)CCN(Cc2ccccc2)C(OC(N)=O)C1. The van der Waals surface area contributed by atoms with Gasteiger partial charge in [0.1, 0.15) is 0 Å². The Hall–Kier alpha value is -2.77. The highest BCUT2D eigenvalue weighted by atomic mass is 16.6. The van der Waals surface area contributed by atoms with E-state index in [0.717, 1.165) is 19.4 Å². The largest absolute Gasteiger partial charge is 0.430 e. The van der Waals surface area contributed by atoms with Gasteiger partial charge in [0.15, 0.2) is 6.23 Å². The number of carbonyl (C=O) groups excluding carboxylic acids is 1. The molecule has 2 atom stereocenters. The Morgan fingerprint density at radius 2 is 1.77 bits per heavy atom. The molecule has 0 radical (unpaired) electrons. The number of carbonyl (C=O) groups is 1. The van der Waals surface area contributed by atoms with Crippen molar-refractivity contribution in [3.05, 3.63) is 71.8 Å². The van der Waals surface area contributed by atoms with E-state index in [9.17, 15) is 4.79 Å². The van der Waals surface area contributed by atoms with Gasteiger partial charge in [-0.1, -0.05) is 66.6 Å². The summed E-state index contributed by atoms with van der Waals surface area (Å²) >= 11 is 0. The number of primary amides is 1. The van der Waals surface area contributed by atoms with Gasteiger partial charge >= 0.3 is 6.09 Å². The fourth-order valence-corrected chi connectivity index (χ4v) is 3.65. The molecule has 2 unspecified atom stereocenters. The number of likely N-dealkylation sites (tertiary alicyclic amines) is 1. The van der Waals surface area contributed by atoms with E-state index >= 15 is 0 Å². The van der Waals surface area contributed by atoms with Gasteiger partial charge in [-0.05, 0) is 24.0 Å². The van der Waals surface area contributed by atoms with Crippen LogP contribution >= 0.6 is 0 Å². The normalized spacial score (nSPS) is 23.1. The number of hydrogen-bond acceptors (Lipinski definition) is 3. The standard InChI is InChI=1S/C22H24N2O2/c1-2-22(15-18-9-5-3-6-10-18)13-14-24(20(16-22)26-21(23)25)17-19-11-7-4-8-12-19/h1,3-12,20H,13-17H2,(H2,23,25). The monoisotopic (exact) mass is 348 g/mol. The maximum atomic E-state index is 11.4. The van der Waals surface area contributed by atoms with Crippen molar-refractivity contribution >= 4 is 6.09 Å². The zero-order valence-corrected chi connectivity index (χ0v) is 14.8. The third kappa shape index (κ3) is 4.44. The molecule has 2 aromatic rings. The molecule has 1 aliphatic heterocycles. The Morgan fingerprint density at radius 1 is 1.15 bits per heavy atom. The Morgan fingerprint density at radius 3 is 2.35 bits per heavy atom. The molecule has 1 amide bonds. The molecule has 0 spiro atoms. The smallest absolute Gasteiger partial charge is 0.406 e. The van der Waals surface area contributed by atoms with E-state index in [1.165, 1.54) is 11.1 Å². The molecular weight excluding hydrogens is 324 g/mol. The Balaban J connectivity index is 1.77. The number of amides is 1. The van der Waals surface area contributed by atoms with Gasteiger partial charge in [0.05, 0.1) is 0 Å². The minimum atomic E-state index is -0.763. The number of piperidine rings is 1. The summed E-state index contributed by atoms with van der Waals surface area (Å²) in [5.41, 5.74) is 7.35. The first-order valence-corrected chi connectivity index (χ1v) is 8.86. The van der Waals surface area contributed by atoms with Crippen molar-refractivity contribution in [2.45, 2.75) is 32.0 Å². The predicted octanol–water partition coefficient (Wildman–Crippen LogP) is 3.57. The number of hydrogen-bond donors (Lipinski definition) is 1. The van der Waals surface area contributed by atoms with Crippen molar-refractivity contribution in [2.75, 3.05) is 6.54 Å². The number of rotatable bonds is 5. The Kier molecular flexibility index (Phi) is 5.60. The Bertz CT molecular complexity index is 770. The third-order valence-corrected chi connectivity index (χ3v) is 5.02. The summed E-state index contributed by atoms with van der Waals surface area (Å²) in [6, 6.07) is 20.3. The van der Waals surface area contributed by atoms with E-state index in [1.54, 1.807) is 0 Å². The second-order valence-electron chi connectivity index (χ2n) is 6.89. The molecule has 1 saturated heterocycles. The van der Waals surface area contributed by atoms with Crippen molar-refractivity contribution in [1.29, 1.82) is 0 Å². The lowest BCUT2D eigenvalue weighted by Gasteiger charge is -2.43. The zero-order valence-electron chi connectivity index (χ0n) is 14.8. The number of nitrogens with two attached hydrogens (primary N) is 1. The average Bonchev–Trinajstić information content (AvgIpc) is 2.65. The fourth-order valence-electron chi connectivity index (χ4n) is 3.65. The number of nitrogens with zero attached hydrogens (tertiary/aromatic N) is 1. The molecule has 134 valence electrons. The van der Waals surface area contributed by atoms with Gasteiger partial charge in [-0.25, -0.2) is 4.79 Å². The second-order valence-corrected chi connectivity index (χ2v) is 6.89. The molecule has 4 heteroatoms. The summed E-state index contributed by atoms with van der Waals surface area (Å²) in [5, 5.41) is 0. The summed E-state index contributed by atoms with van der Waals surface area (Å²) in [6.07, 6.45) is 6.95. The second kappa shape index (κ2) is 8.07. The third-order valence-electron chi connectivity index (χ3n) is 5.02. The number of ether oxygens (including phenoxy) is 1. The van der Waals surface area contributed by atoms with Gasteiger partial charge in [0.2, 0.25) is 0 Å². The summed E-state index contributed by atoms with van der Waals surface area (Å²) in [6.45, 7) is 1.45. The van der Waals surface area contributed by atoms with Crippen molar-refractivity contribution in [2.24, 2.45) is 11.1 Å². The van der Waals surface area contributed by atoms with Crippen LogP contribution in [0.3, 0.4) is 0 Å². The maximum absolute atomic E-state index is 11.4. The molecule has 0 saturated carbocycles. The van der Waals surface area contributed by atoms with E-state index in [4.69, 9.17) is 16.9 Å². The van der Waals surface area contributed by atoms with Crippen LogP contribution in [0.1, 0.15) is 24.0 Å². The van der Waals surface area contributed by atoms with Gasteiger partial charge < -0.3 is 10.5 Å². The van der Waals surface area contributed by atoms with Crippen molar-refractivity contribution in [1.82, 2.24) is 4.90 Å². The molecular formula is C22H24N2O2. The molecule has 2 aromatic carbocycles. The zero-order chi connectivity index (χ0) is 18.4. The molecule has 0 aromatic heterocycles. The minimum Gasteiger partial charge on any atom is -0.430 e. The Labute approximate surface area is 155 Å². The molecule has 1 heterocycles.